The Morgan fingerprint density at radius 3 is 2.65 bits per heavy atom. The van der Waals surface area contributed by atoms with Gasteiger partial charge in [-0.3, -0.25) is 4.99 Å². The molecule has 8 nitrogen and oxygen atoms in total. The first kappa shape index (κ1) is 20.1. The maximum absolute atomic E-state index is 12.1. The normalized spacial score (nSPS) is 19.0. The summed E-state index contributed by atoms with van der Waals surface area (Å²) in [4.78, 5) is 29.1. The minimum Gasteiger partial charge on any atom is -0.487 e. The molecule has 0 aliphatic carbocycles. The first-order valence-electron chi connectivity index (χ1n) is 7.89. The summed E-state index contributed by atoms with van der Waals surface area (Å²) in [5.41, 5.74) is -0.694. The summed E-state index contributed by atoms with van der Waals surface area (Å²) in [7, 11) is 4.70. The fraction of sp³-hybridized carbons (Fsp3) is 0.471. The van der Waals surface area contributed by atoms with Crippen LogP contribution in [0.25, 0.3) is 0 Å². The Balaban J connectivity index is 2.43. The molecule has 1 amide bonds. The van der Waals surface area contributed by atoms with Gasteiger partial charge in [-0.2, -0.15) is 0 Å². The number of carbonyl (C=O) groups is 2. The highest BCUT2D eigenvalue weighted by Crippen LogP contribution is 2.39. The third-order valence-corrected chi connectivity index (χ3v) is 4.90. The number of thioether (sulfide) groups is 1. The zero-order chi connectivity index (χ0) is 19.3. The Bertz CT molecular complexity index is 721. The van der Waals surface area contributed by atoms with Crippen LogP contribution >= 0.6 is 11.8 Å². The molecule has 9 heteroatoms. The Morgan fingerprint density at radius 1 is 1.35 bits per heavy atom. The summed E-state index contributed by atoms with van der Waals surface area (Å²) in [5.74, 6) is -0.127. The van der Waals surface area contributed by atoms with Gasteiger partial charge >= 0.3 is 12.1 Å². The zero-order valence-corrected chi connectivity index (χ0v) is 16.0. The average molecular weight is 382 g/mol. The molecule has 1 atom stereocenters. The van der Waals surface area contributed by atoms with Gasteiger partial charge in [0.15, 0.2) is 17.0 Å². The van der Waals surface area contributed by atoms with Crippen LogP contribution in [0.15, 0.2) is 23.2 Å². The molecule has 2 rings (SSSR count). The second-order valence-electron chi connectivity index (χ2n) is 6.02. The zero-order valence-electron chi connectivity index (χ0n) is 15.1. The molecule has 1 aromatic carbocycles. The van der Waals surface area contributed by atoms with Crippen molar-refractivity contribution >= 4 is 28.9 Å². The van der Waals surface area contributed by atoms with E-state index in [9.17, 15) is 14.7 Å². The molecule has 142 valence electrons. The van der Waals surface area contributed by atoms with Crippen LogP contribution in [0.3, 0.4) is 0 Å². The standard InChI is InChI=1S/C17H22N2O6S/c1-17(15(20)21)10-26-14(18-17)11-6-5-7-12(24-9-8-23-4)13(11)25-16(22)19(2)3/h5-7H,8-10H2,1-4H3,(H,20,21)/t17-/m1/s1. The lowest BCUT2D eigenvalue weighted by Gasteiger charge is -2.17. The van der Waals surface area contributed by atoms with E-state index in [4.69, 9.17) is 14.2 Å². The predicted molar refractivity (Wildman–Crippen MR) is 98.6 cm³/mol. The Labute approximate surface area is 156 Å². The lowest BCUT2D eigenvalue weighted by molar-refractivity contribution is -0.141. The Morgan fingerprint density at radius 2 is 2.08 bits per heavy atom. The minimum atomic E-state index is -1.21. The Hall–Kier alpha value is -2.26. The van der Waals surface area contributed by atoms with Crippen molar-refractivity contribution in [1.82, 2.24) is 4.90 Å². The van der Waals surface area contributed by atoms with Gasteiger partial charge in [-0.25, -0.2) is 9.59 Å². The van der Waals surface area contributed by atoms with E-state index in [0.29, 0.717) is 28.7 Å². The number of ether oxygens (including phenoxy) is 3. The number of hydrogen-bond acceptors (Lipinski definition) is 7. The highest BCUT2D eigenvalue weighted by Gasteiger charge is 2.39. The van der Waals surface area contributed by atoms with Gasteiger partial charge in [-0.1, -0.05) is 6.07 Å². The number of carboxylic acids is 1. The largest absolute Gasteiger partial charge is 0.487 e. The third-order valence-electron chi connectivity index (χ3n) is 3.61. The number of hydrogen-bond donors (Lipinski definition) is 1. The molecule has 0 saturated heterocycles. The van der Waals surface area contributed by atoms with Crippen molar-refractivity contribution < 1.29 is 28.9 Å². The Kier molecular flexibility index (Phi) is 6.49. The SMILES string of the molecule is COCCOc1cccc(C2=N[C@@](C)(C(=O)O)CS2)c1OC(=O)N(C)C. The molecule has 0 saturated carbocycles. The number of carboxylic acid groups (broad SMARTS) is 1. The van der Waals surface area contributed by atoms with Crippen LogP contribution in [0.2, 0.25) is 0 Å². The van der Waals surface area contributed by atoms with Crippen LogP contribution in [0.5, 0.6) is 11.5 Å². The van der Waals surface area contributed by atoms with Gasteiger partial charge in [0.25, 0.3) is 0 Å². The van der Waals surface area contributed by atoms with E-state index in [1.165, 1.54) is 16.7 Å². The molecule has 0 unspecified atom stereocenters. The topological polar surface area (TPSA) is 97.7 Å². The van der Waals surface area contributed by atoms with E-state index < -0.39 is 17.6 Å². The number of amides is 1. The first-order chi connectivity index (χ1) is 12.3. The molecular weight excluding hydrogens is 360 g/mol. The number of aliphatic carboxylic acids is 1. The molecule has 26 heavy (non-hydrogen) atoms. The number of carbonyl (C=O) groups excluding carboxylic acids is 1. The maximum Gasteiger partial charge on any atom is 0.414 e. The second kappa shape index (κ2) is 8.41. The molecule has 1 aromatic rings. The molecule has 1 heterocycles. The van der Waals surface area contributed by atoms with E-state index in [2.05, 4.69) is 4.99 Å². The fourth-order valence-corrected chi connectivity index (χ4v) is 3.25. The lowest BCUT2D eigenvalue weighted by Crippen LogP contribution is -2.33. The number of nitrogens with zero attached hydrogens (tertiary/aromatic N) is 2. The van der Waals surface area contributed by atoms with Crippen molar-refractivity contribution in [2.24, 2.45) is 4.99 Å². The fourth-order valence-electron chi connectivity index (χ4n) is 2.06. The van der Waals surface area contributed by atoms with Crippen LogP contribution in [0.1, 0.15) is 12.5 Å². The minimum absolute atomic E-state index is 0.211. The molecule has 1 N–H and O–H groups in total. The van der Waals surface area contributed by atoms with Crippen molar-refractivity contribution in [3.8, 4) is 11.5 Å². The predicted octanol–water partition coefficient (Wildman–Crippen LogP) is 2.11. The highest BCUT2D eigenvalue weighted by atomic mass is 32.2. The van der Waals surface area contributed by atoms with Crippen molar-refractivity contribution in [3.63, 3.8) is 0 Å². The van der Waals surface area contributed by atoms with Crippen LogP contribution in [-0.4, -0.2) is 72.8 Å². The summed E-state index contributed by atoms with van der Waals surface area (Å²) >= 11 is 1.30. The summed E-state index contributed by atoms with van der Waals surface area (Å²) in [6, 6.07) is 5.14. The highest BCUT2D eigenvalue weighted by molar-refractivity contribution is 8.14. The smallest absolute Gasteiger partial charge is 0.414 e. The average Bonchev–Trinajstić information content (AvgIpc) is 3.00. The maximum atomic E-state index is 12.1. The molecule has 0 aromatic heterocycles. The van der Waals surface area contributed by atoms with E-state index in [0.717, 1.165) is 0 Å². The van der Waals surface area contributed by atoms with Crippen molar-refractivity contribution in [2.45, 2.75) is 12.5 Å². The van der Waals surface area contributed by atoms with Crippen LogP contribution in [-0.2, 0) is 9.53 Å². The van der Waals surface area contributed by atoms with Gasteiger partial charge in [0, 0.05) is 27.0 Å². The van der Waals surface area contributed by atoms with Crippen LogP contribution < -0.4 is 9.47 Å². The summed E-state index contributed by atoms with van der Waals surface area (Å²) in [5, 5.41) is 9.87. The number of benzene rings is 1. The molecular formula is C17H22N2O6S. The quantitative estimate of drug-likeness (QED) is 0.721. The van der Waals surface area contributed by atoms with Crippen molar-refractivity contribution in [1.29, 1.82) is 0 Å². The molecule has 0 bridgehead atoms. The lowest BCUT2D eigenvalue weighted by atomic mass is 10.1. The summed E-state index contributed by atoms with van der Waals surface area (Å²) < 4.78 is 16.1. The van der Waals surface area contributed by atoms with Gasteiger partial charge in [0.1, 0.15) is 11.7 Å². The van der Waals surface area contributed by atoms with Gasteiger partial charge < -0.3 is 24.2 Å². The molecule has 1 aliphatic heterocycles. The monoisotopic (exact) mass is 382 g/mol. The van der Waals surface area contributed by atoms with Gasteiger partial charge in [-0.05, 0) is 19.1 Å². The van der Waals surface area contributed by atoms with Crippen molar-refractivity contribution in [2.75, 3.05) is 40.2 Å². The number of methoxy groups -OCH3 is 1. The van der Waals surface area contributed by atoms with Crippen LogP contribution in [0, 0.1) is 0 Å². The summed E-state index contributed by atoms with van der Waals surface area (Å²) in [6.07, 6.45) is -0.571. The van der Waals surface area contributed by atoms with E-state index in [1.807, 2.05) is 0 Å². The number of para-hydroxylation sites is 1. The number of rotatable bonds is 7. The molecule has 0 radical (unpaired) electrons. The molecule has 0 spiro atoms. The second-order valence-corrected chi connectivity index (χ2v) is 6.99. The van der Waals surface area contributed by atoms with Gasteiger partial charge in [-0.15, -0.1) is 11.8 Å². The molecule has 1 aliphatic rings. The van der Waals surface area contributed by atoms with Crippen molar-refractivity contribution in [3.05, 3.63) is 23.8 Å². The molecule has 0 fully saturated rings. The van der Waals surface area contributed by atoms with Crippen LogP contribution in [0.4, 0.5) is 4.79 Å². The summed E-state index contributed by atoms with van der Waals surface area (Å²) in [6.45, 7) is 2.21. The number of aliphatic imine (C=N–C) groups is 1. The van der Waals surface area contributed by atoms with E-state index >= 15 is 0 Å². The first-order valence-corrected chi connectivity index (χ1v) is 8.87. The van der Waals surface area contributed by atoms with E-state index in [-0.39, 0.29) is 12.4 Å². The third kappa shape index (κ3) is 4.47. The van der Waals surface area contributed by atoms with E-state index in [1.54, 1.807) is 46.3 Å². The van der Waals surface area contributed by atoms with Gasteiger partial charge in [0.2, 0.25) is 0 Å². The van der Waals surface area contributed by atoms with Gasteiger partial charge in [0.05, 0.1) is 12.2 Å².